The molecule has 22 heavy (non-hydrogen) atoms. The molecule has 2 atom stereocenters. The first-order valence-corrected chi connectivity index (χ1v) is 7.50. The van der Waals surface area contributed by atoms with Crippen molar-refractivity contribution in [1.82, 2.24) is 0 Å². The largest absolute Gasteiger partial charge is 0.466 e. The van der Waals surface area contributed by atoms with Crippen LogP contribution in [0.4, 0.5) is 0 Å². The molecule has 0 spiro atoms. The Morgan fingerprint density at radius 3 is 2.09 bits per heavy atom. The first-order chi connectivity index (χ1) is 10.4. The molecule has 0 aromatic rings. The molecule has 0 aliphatic heterocycles. The molecular weight excluding hydrogens is 288 g/mol. The van der Waals surface area contributed by atoms with Gasteiger partial charge in [-0.15, -0.1) is 0 Å². The van der Waals surface area contributed by atoms with Crippen LogP contribution in [-0.2, 0) is 28.6 Å². The average Bonchev–Trinajstić information content (AvgIpc) is 3.08. The first-order valence-electron chi connectivity index (χ1n) is 7.50. The minimum Gasteiger partial charge on any atom is -0.466 e. The molecule has 0 radical (unpaired) electrons. The second-order valence-electron chi connectivity index (χ2n) is 5.93. The van der Waals surface area contributed by atoms with Gasteiger partial charge in [0.1, 0.15) is 0 Å². The van der Waals surface area contributed by atoms with Crippen molar-refractivity contribution in [3.63, 3.8) is 0 Å². The van der Waals surface area contributed by atoms with Gasteiger partial charge in [-0.2, -0.15) is 0 Å². The fourth-order valence-corrected chi connectivity index (χ4v) is 3.63. The van der Waals surface area contributed by atoms with E-state index >= 15 is 0 Å². The molecule has 0 amide bonds. The van der Waals surface area contributed by atoms with Crippen LogP contribution in [0, 0.1) is 16.7 Å². The summed E-state index contributed by atoms with van der Waals surface area (Å²) in [6.45, 7) is 7.58. The minimum atomic E-state index is -1.33. The molecule has 0 heterocycles. The van der Waals surface area contributed by atoms with E-state index in [4.69, 9.17) is 14.2 Å². The van der Waals surface area contributed by atoms with Crippen molar-refractivity contribution in [3.05, 3.63) is 12.2 Å². The van der Waals surface area contributed by atoms with Crippen molar-refractivity contribution in [2.45, 2.75) is 33.1 Å². The molecule has 0 bridgehead atoms. The van der Waals surface area contributed by atoms with Crippen LogP contribution in [0.2, 0.25) is 0 Å². The smallest absolute Gasteiger partial charge is 0.333 e. The lowest BCUT2D eigenvalue weighted by molar-refractivity contribution is -0.173. The highest BCUT2D eigenvalue weighted by atomic mass is 16.6. The van der Waals surface area contributed by atoms with Crippen molar-refractivity contribution in [2.24, 2.45) is 16.7 Å². The Labute approximate surface area is 129 Å². The van der Waals surface area contributed by atoms with Gasteiger partial charge in [-0.05, 0) is 39.0 Å². The molecule has 2 aliphatic rings. The molecule has 2 unspecified atom stereocenters. The van der Waals surface area contributed by atoms with E-state index in [-0.39, 0.29) is 25.6 Å². The van der Waals surface area contributed by atoms with Gasteiger partial charge in [0.25, 0.3) is 0 Å². The van der Waals surface area contributed by atoms with Crippen molar-refractivity contribution in [2.75, 3.05) is 20.3 Å². The molecule has 0 aromatic heterocycles. The van der Waals surface area contributed by atoms with Gasteiger partial charge < -0.3 is 14.2 Å². The van der Waals surface area contributed by atoms with Gasteiger partial charge >= 0.3 is 17.9 Å². The van der Waals surface area contributed by atoms with E-state index in [0.29, 0.717) is 12.0 Å². The molecule has 2 fully saturated rings. The molecule has 0 saturated heterocycles. The molecule has 2 aliphatic carbocycles. The van der Waals surface area contributed by atoms with Crippen LogP contribution in [-0.4, -0.2) is 38.2 Å². The monoisotopic (exact) mass is 310 g/mol. The van der Waals surface area contributed by atoms with Crippen molar-refractivity contribution in [1.29, 1.82) is 0 Å². The maximum atomic E-state index is 12.4. The summed E-state index contributed by atoms with van der Waals surface area (Å²) in [5.41, 5.74) is -1.53. The van der Waals surface area contributed by atoms with Gasteiger partial charge in [0.05, 0.1) is 20.3 Å². The molecule has 2 rings (SSSR count). The third kappa shape index (κ3) is 2.30. The first kappa shape index (κ1) is 16.5. The summed E-state index contributed by atoms with van der Waals surface area (Å²) in [4.78, 5) is 36.5. The highest BCUT2D eigenvalue weighted by Gasteiger charge is 2.73. The number of fused-ring (bicyclic) bond motifs is 1. The SMILES string of the molecule is C=C(C(=O)OC)C12CC1CC(C(=O)OCC)(C(=O)OCC)C2. The topological polar surface area (TPSA) is 78.9 Å². The fraction of sp³-hybridized carbons (Fsp3) is 0.688. The Kier molecular flexibility index (Phi) is 4.31. The van der Waals surface area contributed by atoms with Gasteiger partial charge in [-0.1, -0.05) is 6.58 Å². The molecular formula is C16H22O6. The van der Waals surface area contributed by atoms with Gasteiger partial charge in [0.2, 0.25) is 0 Å². The molecule has 2 saturated carbocycles. The highest BCUT2D eigenvalue weighted by molar-refractivity contribution is 6.02. The Balaban J connectivity index is 2.28. The number of esters is 3. The third-order valence-corrected chi connectivity index (χ3v) is 4.81. The predicted molar refractivity (Wildman–Crippen MR) is 76.6 cm³/mol. The zero-order chi connectivity index (χ0) is 16.5. The Morgan fingerprint density at radius 2 is 1.64 bits per heavy atom. The van der Waals surface area contributed by atoms with Gasteiger partial charge in [0.15, 0.2) is 5.41 Å². The van der Waals surface area contributed by atoms with E-state index < -0.39 is 28.7 Å². The van der Waals surface area contributed by atoms with Crippen LogP contribution >= 0.6 is 0 Å². The van der Waals surface area contributed by atoms with Gasteiger partial charge in [0, 0.05) is 11.0 Å². The summed E-state index contributed by atoms with van der Waals surface area (Å²) in [5.74, 6) is -1.57. The van der Waals surface area contributed by atoms with Crippen LogP contribution in [0.25, 0.3) is 0 Å². The van der Waals surface area contributed by atoms with Crippen LogP contribution in [0.15, 0.2) is 12.2 Å². The Hall–Kier alpha value is -1.85. The van der Waals surface area contributed by atoms with Crippen LogP contribution in [0.5, 0.6) is 0 Å². The Bertz CT molecular complexity index is 505. The minimum absolute atomic E-state index is 0.0629. The zero-order valence-corrected chi connectivity index (χ0v) is 13.3. The lowest BCUT2D eigenvalue weighted by Crippen LogP contribution is -2.42. The molecule has 0 aromatic carbocycles. The molecule has 122 valence electrons. The number of rotatable bonds is 6. The maximum absolute atomic E-state index is 12.4. The van der Waals surface area contributed by atoms with E-state index in [1.54, 1.807) is 13.8 Å². The summed E-state index contributed by atoms with van der Waals surface area (Å²) in [6, 6.07) is 0. The second-order valence-corrected chi connectivity index (χ2v) is 5.93. The van der Waals surface area contributed by atoms with Gasteiger partial charge in [-0.25, -0.2) is 4.79 Å². The van der Waals surface area contributed by atoms with Crippen molar-refractivity contribution < 1.29 is 28.6 Å². The maximum Gasteiger partial charge on any atom is 0.333 e. The molecule has 6 nitrogen and oxygen atoms in total. The summed E-state index contributed by atoms with van der Waals surface area (Å²) in [5, 5.41) is 0. The standard InChI is InChI=1S/C16H22O6/c1-5-21-13(18)16(14(19)22-6-2)8-11-7-15(11,9-16)10(3)12(17)20-4/h11H,3,5-9H2,1-2,4H3. The number of carbonyl (C=O) groups excluding carboxylic acids is 3. The summed E-state index contributed by atoms with van der Waals surface area (Å²) >= 11 is 0. The van der Waals surface area contributed by atoms with E-state index in [1.165, 1.54) is 7.11 Å². The van der Waals surface area contributed by atoms with Crippen LogP contribution in [0.1, 0.15) is 33.1 Å². The lowest BCUT2D eigenvalue weighted by Gasteiger charge is -2.27. The van der Waals surface area contributed by atoms with Gasteiger partial charge in [-0.3, -0.25) is 9.59 Å². The summed E-state index contributed by atoms with van der Waals surface area (Å²) in [6.07, 6.45) is 1.28. The second kappa shape index (κ2) is 5.74. The number of ether oxygens (including phenoxy) is 3. The van der Waals surface area contributed by atoms with Crippen LogP contribution < -0.4 is 0 Å². The lowest BCUT2D eigenvalue weighted by atomic mass is 9.79. The van der Waals surface area contributed by atoms with Crippen molar-refractivity contribution >= 4 is 17.9 Å². The van der Waals surface area contributed by atoms with E-state index in [2.05, 4.69) is 6.58 Å². The highest BCUT2D eigenvalue weighted by Crippen LogP contribution is 2.72. The van der Waals surface area contributed by atoms with E-state index in [1.807, 2.05) is 0 Å². The third-order valence-electron chi connectivity index (χ3n) is 4.81. The van der Waals surface area contributed by atoms with Crippen molar-refractivity contribution in [3.8, 4) is 0 Å². The zero-order valence-electron chi connectivity index (χ0n) is 13.3. The predicted octanol–water partition coefficient (Wildman–Crippen LogP) is 1.63. The number of hydrogen-bond donors (Lipinski definition) is 0. The van der Waals surface area contributed by atoms with E-state index in [9.17, 15) is 14.4 Å². The Morgan fingerprint density at radius 1 is 1.09 bits per heavy atom. The number of hydrogen-bond acceptors (Lipinski definition) is 6. The van der Waals surface area contributed by atoms with E-state index in [0.717, 1.165) is 6.42 Å². The summed E-state index contributed by atoms with van der Waals surface area (Å²) < 4.78 is 14.9. The fourth-order valence-electron chi connectivity index (χ4n) is 3.63. The molecule has 0 N–H and O–H groups in total. The van der Waals surface area contributed by atoms with Crippen LogP contribution in [0.3, 0.4) is 0 Å². The average molecular weight is 310 g/mol. The number of carbonyl (C=O) groups is 3. The quantitative estimate of drug-likeness (QED) is 0.321. The summed E-state index contributed by atoms with van der Waals surface area (Å²) in [7, 11) is 1.29. The normalized spacial score (nSPS) is 27.5. The molecule has 6 heteroatoms. The number of methoxy groups -OCH3 is 1.